The molecular formula is C24H27N3O4. The van der Waals surface area contributed by atoms with Crippen molar-refractivity contribution in [2.75, 3.05) is 0 Å². The molecule has 0 bridgehead atoms. The number of carbonyl (C=O) groups is 3. The number of nitrogens with two attached hydrogens (primary N) is 1. The Balaban J connectivity index is 1.40. The standard InChI is InChI=1S/C24H27N3O4/c25-23(30)18-13-17-19(6-3-7-20(17)27-24(18)31)26-22(29)11-10-21(28)16-9-8-14-4-1-2-5-15(14)12-16/h8-9,12-13,19H,1-7,10-11H2,(H2,25,30)(H,26,29)(H,27,31). The van der Waals surface area contributed by atoms with E-state index in [1.807, 2.05) is 18.2 Å². The number of aryl methyl sites for hydroxylation is 3. The van der Waals surface area contributed by atoms with Crippen molar-refractivity contribution in [3.63, 3.8) is 0 Å². The normalized spacial score (nSPS) is 17.4. The average Bonchev–Trinajstić information content (AvgIpc) is 2.76. The van der Waals surface area contributed by atoms with Gasteiger partial charge >= 0.3 is 0 Å². The fraction of sp³-hybridized carbons (Fsp3) is 0.417. The molecule has 4 rings (SSSR count). The van der Waals surface area contributed by atoms with Gasteiger partial charge in [0.05, 0.1) is 6.04 Å². The summed E-state index contributed by atoms with van der Waals surface area (Å²) in [6.45, 7) is 0. The summed E-state index contributed by atoms with van der Waals surface area (Å²) in [6.07, 6.45) is 6.83. The quantitative estimate of drug-likeness (QED) is 0.620. The number of carbonyl (C=O) groups excluding carboxylic acids is 3. The van der Waals surface area contributed by atoms with E-state index in [9.17, 15) is 19.2 Å². The highest BCUT2D eigenvalue weighted by Crippen LogP contribution is 2.28. The zero-order valence-electron chi connectivity index (χ0n) is 17.5. The highest BCUT2D eigenvalue weighted by atomic mass is 16.2. The van der Waals surface area contributed by atoms with Crippen LogP contribution >= 0.6 is 0 Å². The summed E-state index contributed by atoms with van der Waals surface area (Å²) in [7, 11) is 0. The van der Waals surface area contributed by atoms with Crippen LogP contribution in [0.15, 0.2) is 29.1 Å². The summed E-state index contributed by atoms with van der Waals surface area (Å²) >= 11 is 0. The average molecular weight is 421 g/mol. The summed E-state index contributed by atoms with van der Waals surface area (Å²) in [5.41, 5.74) is 9.35. The molecule has 1 heterocycles. The van der Waals surface area contributed by atoms with Gasteiger partial charge in [0.25, 0.3) is 11.5 Å². The molecule has 2 aromatic rings. The van der Waals surface area contributed by atoms with Crippen molar-refractivity contribution in [1.29, 1.82) is 0 Å². The van der Waals surface area contributed by atoms with E-state index in [1.54, 1.807) is 0 Å². The fourth-order valence-corrected chi connectivity index (χ4v) is 4.62. The van der Waals surface area contributed by atoms with Crippen molar-refractivity contribution >= 4 is 17.6 Å². The van der Waals surface area contributed by atoms with Crippen LogP contribution in [0, 0.1) is 0 Å². The third-order valence-electron chi connectivity index (χ3n) is 6.30. The van der Waals surface area contributed by atoms with Crippen LogP contribution in [0.5, 0.6) is 0 Å². The summed E-state index contributed by atoms with van der Waals surface area (Å²) in [6, 6.07) is 7.05. The lowest BCUT2D eigenvalue weighted by molar-refractivity contribution is -0.121. The Morgan fingerprint density at radius 2 is 1.77 bits per heavy atom. The maximum atomic E-state index is 12.6. The molecule has 0 saturated carbocycles. The lowest BCUT2D eigenvalue weighted by atomic mass is 9.89. The van der Waals surface area contributed by atoms with Gasteiger partial charge in [0.1, 0.15) is 5.56 Å². The lowest BCUT2D eigenvalue weighted by Gasteiger charge is -2.26. The topological polar surface area (TPSA) is 122 Å². The first kappa shape index (κ1) is 21.0. The number of hydrogen-bond acceptors (Lipinski definition) is 4. The second-order valence-electron chi connectivity index (χ2n) is 8.44. The first-order chi connectivity index (χ1) is 14.9. The second kappa shape index (κ2) is 8.88. The first-order valence-corrected chi connectivity index (χ1v) is 10.9. The highest BCUT2D eigenvalue weighted by Gasteiger charge is 2.25. The van der Waals surface area contributed by atoms with Crippen LogP contribution in [0.3, 0.4) is 0 Å². The van der Waals surface area contributed by atoms with E-state index < -0.39 is 11.5 Å². The number of aromatic amines is 1. The SMILES string of the molecule is NC(=O)c1cc2c([nH]c1=O)CCCC2NC(=O)CCC(=O)c1ccc2c(c1)CCCC2. The van der Waals surface area contributed by atoms with Crippen molar-refractivity contribution < 1.29 is 14.4 Å². The van der Waals surface area contributed by atoms with Crippen LogP contribution in [0.4, 0.5) is 0 Å². The zero-order chi connectivity index (χ0) is 22.0. The third kappa shape index (κ3) is 4.60. The number of fused-ring (bicyclic) bond motifs is 2. The number of hydrogen-bond donors (Lipinski definition) is 3. The Bertz CT molecular complexity index is 1100. The van der Waals surface area contributed by atoms with Crippen molar-refractivity contribution in [3.05, 3.63) is 68.1 Å². The summed E-state index contributed by atoms with van der Waals surface area (Å²) in [4.78, 5) is 51.4. The molecule has 0 radical (unpaired) electrons. The van der Waals surface area contributed by atoms with Crippen molar-refractivity contribution in [2.24, 2.45) is 5.73 Å². The number of amides is 2. The molecule has 7 nitrogen and oxygen atoms in total. The van der Waals surface area contributed by atoms with Crippen LogP contribution in [0.1, 0.15) is 87.7 Å². The predicted octanol–water partition coefficient (Wildman–Crippen LogP) is 2.51. The molecule has 4 N–H and O–H groups in total. The molecule has 1 unspecified atom stereocenters. The molecule has 31 heavy (non-hydrogen) atoms. The van der Waals surface area contributed by atoms with Gasteiger partial charge in [-0.2, -0.15) is 0 Å². The maximum Gasteiger partial charge on any atom is 0.261 e. The number of ketones is 1. The van der Waals surface area contributed by atoms with Gasteiger partial charge in [0.2, 0.25) is 5.91 Å². The molecule has 0 saturated heterocycles. The summed E-state index contributed by atoms with van der Waals surface area (Å²) in [5, 5.41) is 2.95. The van der Waals surface area contributed by atoms with Crippen LogP contribution in [-0.4, -0.2) is 22.6 Å². The molecule has 0 aliphatic heterocycles. The van der Waals surface area contributed by atoms with Crippen molar-refractivity contribution in [3.8, 4) is 0 Å². The number of pyridine rings is 1. The molecule has 1 aromatic heterocycles. The largest absolute Gasteiger partial charge is 0.365 e. The van der Waals surface area contributed by atoms with Gasteiger partial charge in [-0.3, -0.25) is 19.2 Å². The predicted molar refractivity (Wildman–Crippen MR) is 116 cm³/mol. The Morgan fingerprint density at radius 1 is 1.00 bits per heavy atom. The Hall–Kier alpha value is -3.22. The van der Waals surface area contributed by atoms with Gasteiger partial charge < -0.3 is 16.0 Å². The van der Waals surface area contributed by atoms with Gasteiger partial charge in [-0.05, 0) is 73.8 Å². The minimum atomic E-state index is -0.796. The van der Waals surface area contributed by atoms with Gasteiger partial charge in [-0.25, -0.2) is 0 Å². The van der Waals surface area contributed by atoms with Crippen molar-refractivity contribution in [2.45, 2.75) is 63.8 Å². The maximum absolute atomic E-state index is 12.6. The number of benzene rings is 1. The Morgan fingerprint density at radius 3 is 2.55 bits per heavy atom. The number of rotatable bonds is 6. The van der Waals surface area contributed by atoms with Crippen molar-refractivity contribution in [1.82, 2.24) is 10.3 Å². The smallest absolute Gasteiger partial charge is 0.261 e. The minimum absolute atomic E-state index is 0.0343. The number of aromatic nitrogens is 1. The minimum Gasteiger partial charge on any atom is -0.365 e. The van der Waals surface area contributed by atoms with E-state index in [0.29, 0.717) is 24.0 Å². The highest BCUT2D eigenvalue weighted by molar-refractivity contribution is 5.98. The molecule has 2 aliphatic rings. The van der Waals surface area contributed by atoms with Crippen LogP contribution in [-0.2, 0) is 24.1 Å². The Kier molecular flexibility index (Phi) is 6.02. The molecule has 7 heteroatoms. The van der Waals surface area contributed by atoms with E-state index in [0.717, 1.165) is 31.4 Å². The summed E-state index contributed by atoms with van der Waals surface area (Å²) in [5.74, 6) is -1.06. The van der Waals surface area contributed by atoms with E-state index in [1.165, 1.54) is 23.6 Å². The number of nitrogens with one attached hydrogen (secondary N) is 2. The molecule has 2 aliphatic carbocycles. The van der Waals surface area contributed by atoms with Crippen LogP contribution in [0.2, 0.25) is 0 Å². The third-order valence-corrected chi connectivity index (χ3v) is 6.30. The molecule has 0 fully saturated rings. The molecule has 1 aromatic carbocycles. The zero-order valence-corrected chi connectivity index (χ0v) is 17.5. The Labute approximate surface area is 180 Å². The monoisotopic (exact) mass is 421 g/mol. The molecule has 162 valence electrons. The van der Waals surface area contributed by atoms with E-state index >= 15 is 0 Å². The molecule has 2 amide bonds. The van der Waals surface area contributed by atoms with E-state index in [2.05, 4.69) is 10.3 Å². The second-order valence-corrected chi connectivity index (χ2v) is 8.44. The molecule has 0 spiro atoms. The molecule has 1 atom stereocenters. The van der Waals surface area contributed by atoms with E-state index in [-0.39, 0.29) is 36.1 Å². The lowest BCUT2D eigenvalue weighted by Crippen LogP contribution is -2.34. The molecular weight excluding hydrogens is 394 g/mol. The van der Waals surface area contributed by atoms with Gasteiger partial charge in [-0.1, -0.05) is 12.1 Å². The number of H-pyrrole nitrogens is 1. The van der Waals surface area contributed by atoms with E-state index in [4.69, 9.17) is 5.73 Å². The van der Waals surface area contributed by atoms with Gasteiger partial charge in [-0.15, -0.1) is 0 Å². The number of Topliss-reactive ketones (excluding diaryl/α,β-unsaturated/α-hetero) is 1. The van der Waals surface area contributed by atoms with Crippen LogP contribution in [0.25, 0.3) is 0 Å². The van der Waals surface area contributed by atoms with Gasteiger partial charge in [0.15, 0.2) is 5.78 Å². The first-order valence-electron chi connectivity index (χ1n) is 10.9. The number of primary amides is 1. The van der Waals surface area contributed by atoms with Gasteiger partial charge in [0, 0.05) is 24.1 Å². The summed E-state index contributed by atoms with van der Waals surface area (Å²) < 4.78 is 0. The van der Waals surface area contributed by atoms with Crippen LogP contribution < -0.4 is 16.6 Å². The fourth-order valence-electron chi connectivity index (χ4n) is 4.62.